The zero-order chi connectivity index (χ0) is 23.0. The number of carbonyl (C=O) groups is 2. The zero-order valence-electron chi connectivity index (χ0n) is 18.3. The van der Waals surface area contributed by atoms with E-state index in [1.165, 1.54) is 20.1 Å². The number of nitrogens with zero attached hydrogens (tertiary/aromatic N) is 3. The Bertz CT molecular complexity index is 1210. The van der Waals surface area contributed by atoms with Crippen LogP contribution in [0.2, 0.25) is 0 Å². The normalized spacial score (nSPS) is 12.9. The first-order valence-corrected chi connectivity index (χ1v) is 12.1. The molecule has 4 rings (SSSR count). The van der Waals surface area contributed by atoms with Crippen LogP contribution in [0.3, 0.4) is 0 Å². The van der Waals surface area contributed by atoms with Gasteiger partial charge in [0.25, 0.3) is 0 Å². The summed E-state index contributed by atoms with van der Waals surface area (Å²) in [4.78, 5) is 23.8. The van der Waals surface area contributed by atoms with Crippen molar-refractivity contribution >= 4 is 45.4 Å². The summed E-state index contributed by atoms with van der Waals surface area (Å²) in [6, 6.07) is 3.18. The number of hydrogen-bond donors (Lipinski definition) is 0. The fourth-order valence-electron chi connectivity index (χ4n) is 4.68. The minimum Gasteiger partial charge on any atom is -0.466 e. The highest BCUT2D eigenvalue weighted by Gasteiger charge is 2.30. The molecule has 0 spiro atoms. The van der Waals surface area contributed by atoms with E-state index in [0.29, 0.717) is 34.0 Å². The van der Waals surface area contributed by atoms with Gasteiger partial charge in [0.1, 0.15) is 11.5 Å². The summed E-state index contributed by atoms with van der Waals surface area (Å²) >= 11 is 2.26. The van der Waals surface area contributed by atoms with Crippen molar-refractivity contribution in [2.45, 2.75) is 43.6 Å². The summed E-state index contributed by atoms with van der Waals surface area (Å²) in [6.45, 7) is 2.44. The molecule has 7 nitrogen and oxygen atoms in total. The van der Waals surface area contributed by atoms with E-state index in [9.17, 15) is 9.59 Å². The quantitative estimate of drug-likeness (QED) is 0.188. The van der Waals surface area contributed by atoms with Crippen molar-refractivity contribution in [2.24, 2.45) is 7.05 Å². The molecule has 0 saturated carbocycles. The van der Waals surface area contributed by atoms with Crippen LogP contribution in [0, 0.1) is 5.82 Å². The predicted molar refractivity (Wildman–Crippen MR) is 126 cm³/mol. The van der Waals surface area contributed by atoms with E-state index in [2.05, 4.69) is 22.6 Å². The van der Waals surface area contributed by atoms with E-state index < -0.39 is 5.97 Å². The molecule has 0 bridgehead atoms. The van der Waals surface area contributed by atoms with Gasteiger partial charge >= 0.3 is 11.9 Å². The van der Waals surface area contributed by atoms with Gasteiger partial charge in [0.15, 0.2) is 0 Å². The molecule has 0 atom stereocenters. The van der Waals surface area contributed by atoms with Crippen LogP contribution < -0.4 is 0 Å². The number of hydrogen-bond acceptors (Lipinski definition) is 5. The Morgan fingerprint density at radius 2 is 2.06 bits per heavy atom. The molecule has 0 unspecified atom stereocenters. The van der Waals surface area contributed by atoms with Gasteiger partial charge in [-0.3, -0.25) is 9.48 Å². The van der Waals surface area contributed by atoms with Gasteiger partial charge in [-0.05, 0) is 43.4 Å². The van der Waals surface area contributed by atoms with Crippen LogP contribution in [0.1, 0.15) is 47.2 Å². The largest absolute Gasteiger partial charge is 0.466 e. The minimum absolute atomic E-state index is 0.246. The van der Waals surface area contributed by atoms with Gasteiger partial charge in [-0.1, -0.05) is 22.6 Å². The fraction of sp³-hybridized carbons (Fsp3) is 0.435. The lowest BCUT2D eigenvalue weighted by atomic mass is 9.97. The van der Waals surface area contributed by atoms with Gasteiger partial charge in [-0.2, -0.15) is 5.10 Å². The van der Waals surface area contributed by atoms with Crippen LogP contribution in [0.25, 0.3) is 22.0 Å². The Morgan fingerprint density at radius 1 is 1.28 bits per heavy atom. The van der Waals surface area contributed by atoms with Crippen LogP contribution in [0.5, 0.6) is 0 Å². The van der Waals surface area contributed by atoms with Gasteiger partial charge in [0, 0.05) is 47.2 Å². The number of ether oxygens (including phenoxy) is 2. The number of halogens is 2. The molecule has 1 aromatic carbocycles. The van der Waals surface area contributed by atoms with Crippen molar-refractivity contribution in [2.75, 3.05) is 13.7 Å². The monoisotopic (exact) mass is 553 g/mol. The van der Waals surface area contributed by atoms with Crippen molar-refractivity contribution < 1.29 is 23.5 Å². The highest BCUT2D eigenvalue weighted by Crippen LogP contribution is 2.41. The topological polar surface area (TPSA) is 75.4 Å². The molecular formula is C23H25FIN3O4. The fourth-order valence-corrected chi connectivity index (χ4v) is 5.22. The van der Waals surface area contributed by atoms with Crippen LogP contribution in [0.4, 0.5) is 4.39 Å². The standard InChI is InChI=1S/C23H25FIN3O4/c1-13(29)32-11-5-6-14-15-8-9-16(24)19(21(15)27(2)22(14)23(30)31-3)20-17(12-25)26-28-10-4-7-18(20)28/h8-9H,4-7,10-12H2,1-3H3. The van der Waals surface area contributed by atoms with E-state index >= 15 is 4.39 Å². The molecule has 0 fully saturated rings. The molecular weight excluding hydrogens is 528 g/mol. The lowest BCUT2D eigenvalue weighted by molar-refractivity contribution is -0.141. The van der Waals surface area contributed by atoms with E-state index in [4.69, 9.17) is 14.6 Å². The Morgan fingerprint density at radius 3 is 2.75 bits per heavy atom. The molecule has 170 valence electrons. The van der Waals surface area contributed by atoms with E-state index in [-0.39, 0.29) is 18.4 Å². The Balaban J connectivity index is 1.94. The number of carbonyl (C=O) groups excluding carboxylic acids is 2. The molecule has 9 heteroatoms. The molecule has 0 saturated heterocycles. The molecule has 1 aliphatic rings. The lowest BCUT2D eigenvalue weighted by Gasteiger charge is -2.10. The van der Waals surface area contributed by atoms with Gasteiger partial charge in [-0.15, -0.1) is 0 Å². The maximum atomic E-state index is 15.4. The molecule has 3 aromatic rings. The number of aryl methyl sites for hydroxylation is 3. The SMILES string of the molecule is COC(=O)c1c(CCCOC(C)=O)c2ccc(F)c(-c3c(CI)nn4c3CCC4)c2n1C. The van der Waals surface area contributed by atoms with Crippen molar-refractivity contribution in [3.8, 4) is 11.1 Å². The maximum absolute atomic E-state index is 15.4. The summed E-state index contributed by atoms with van der Waals surface area (Å²) in [5.74, 6) is -1.16. The summed E-state index contributed by atoms with van der Waals surface area (Å²) in [5.41, 5.74) is 5.02. The third-order valence-electron chi connectivity index (χ3n) is 5.95. The van der Waals surface area contributed by atoms with Gasteiger partial charge in [0.2, 0.25) is 0 Å². The molecule has 1 aliphatic heterocycles. The predicted octanol–water partition coefficient (Wildman–Crippen LogP) is 4.34. The van der Waals surface area contributed by atoms with Crippen LogP contribution in [0.15, 0.2) is 12.1 Å². The van der Waals surface area contributed by atoms with Crippen LogP contribution in [-0.2, 0) is 45.1 Å². The third-order valence-corrected chi connectivity index (χ3v) is 6.68. The van der Waals surface area contributed by atoms with Crippen molar-refractivity contribution in [1.82, 2.24) is 14.3 Å². The maximum Gasteiger partial charge on any atom is 0.354 e. The summed E-state index contributed by atoms with van der Waals surface area (Å²) < 4.78 is 29.9. The van der Waals surface area contributed by atoms with Gasteiger partial charge in [0.05, 0.1) is 24.9 Å². The van der Waals surface area contributed by atoms with Gasteiger partial charge in [-0.25, -0.2) is 9.18 Å². The average molecular weight is 553 g/mol. The number of esters is 2. The lowest BCUT2D eigenvalue weighted by Crippen LogP contribution is -2.11. The number of rotatable bonds is 7. The number of alkyl halides is 1. The van der Waals surface area contributed by atoms with Crippen molar-refractivity contribution in [1.29, 1.82) is 0 Å². The smallest absolute Gasteiger partial charge is 0.354 e. The van der Waals surface area contributed by atoms with Crippen molar-refractivity contribution in [3.63, 3.8) is 0 Å². The van der Waals surface area contributed by atoms with Crippen LogP contribution >= 0.6 is 22.6 Å². The average Bonchev–Trinajstić information content (AvgIpc) is 3.43. The second-order valence-corrected chi connectivity index (χ2v) is 8.63. The number of methoxy groups -OCH3 is 1. The first kappa shape index (κ1) is 22.8. The Labute approximate surface area is 199 Å². The minimum atomic E-state index is -0.480. The summed E-state index contributed by atoms with van der Waals surface area (Å²) in [5, 5.41) is 5.51. The van der Waals surface area contributed by atoms with E-state index in [1.54, 1.807) is 17.7 Å². The Kier molecular flexibility index (Phi) is 6.55. The molecule has 3 heterocycles. The second kappa shape index (κ2) is 9.21. The number of fused-ring (bicyclic) bond motifs is 2. The van der Waals surface area contributed by atoms with Crippen molar-refractivity contribution in [3.05, 3.63) is 40.6 Å². The highest BCUT2D eigenvalue weighted by molar-refractivity contribution is 14.1. The van der Waals surface area contributed by atoms with Gasteiger partial charge < -0.3 is 14.0 Å². The third kappa shape index (κ3) is 3.80. The summed E-state index contributed by atoms with van der Waals surface area (Å²) in [6.07, 6.45) is 2.86. The summed E-state index contributed by atoms with van der Waals surface area (Å²) in [7, 11) is 3.10. The first-order chi connectivity index (χ1) is 15.4. The molecule has 0 N–H and O–H groups in total. The second-order valence-electron chi connectivity index (χ2n) is 7.87. The molecule has 2 aromatic heterocycles. The number of benzene rings is 1. The zero-order valence-corrected chi connectivity index (χ0v) is 20.5. The highest BCUT2D eigenvalue weighted by atomic mass is 127. The Hall–Kier alpha value is -2.43. The first-order valence-electron chi connectivity index (χ1n) is 10.5. The molecule has 32 heavy (non-hydrogen) atoms. The molecule has 0 aliphatic carbocycles. The van der Waals surface area contributed by atoms with E-state index in [0.717, 1.165) is 47.3 Å². The van der Waals surface area contributed by atoms with E-state index in [1.807, 2.05) is 4.68 Å². The molecule has 0 radical (unpaired) electrons. The number of aromatic nitrogens is 3. The molecule has 0 amide bonds. The van der Waals surface area contributed by atoms with Crippen LogP contribution in [-0.4, -0.2) is 40.0 Å².